The summed E-state index contributed by atoms with van der Waals surface area (Å²) in [6.45, 7) is 4.08. The minimum atomic E-state index is -0.774. The summed E-state index contributed by atoms with van der Waals surface area (Å²) in [5, 5.41) is 9.70. The summed E-state index contributed by atoms with van der Waals surface area (Å²) in [6.07, 6.45) is 97.1. The van der Waals surface area contributed by atoms with Gasteiger partial charge >= 0.3 is 11.9 Å². The molecule has 468 valence electrons. The number of hydrogen-bond acceptors (Lipinski definition) is 5. The molecule has 0 aromatic heterocycles. The molecule has 5 nitrogen and oxygen atoms in total. The van der Waals surface area contributed by atoms with E-state index in [9.17, 15) is 14.7 Å². The number of aliphatic hydroxyl groups excluding tert-OH is 1. The van der Waals surface area contributed by atoms with E-state index in [2.05, 4.69) is 74.6 Å². The molecule has 0 aliphatic rings. The first-order valence-electron chi connectivity index (χ1n) is 35.8. The number of carbonyl (C=O) groups is 2. The summed E-state index contributed by atoms with van der Waals surface area (Å²) in [5.74, 6) is -0.575. The van der Waals surface area contributed by atoms with Crippen molar-refractivity contribution in [1.82, 2.24) is 0 Å². The van der Waals surface area contributed by atoms with Gasteiger partial charge in [-0.2, -0.15) is 0 Å². The molecule has 0 fully saturated rings. The lowest BCUT2D eigenvalue weighted by molar-refractivity contribution is -0.161. The molecule has 0 rings (SSSR count). The van der Waals surface area contributed by atoms with E-state index < -0.39 is 6.10 Å². The van der Waals surface area contributed by atoms with Crippen LogP contribution in [0.3, 0.4) is 0 Å². The first-order valence-corrected chi connectivity index (χ1v) is 35.8. The molecule has 0 aliphatic carbocycles. The highest BCUT2D eigenvalue weighted by atomic mass is 16.6. The average Bonchev–Trinajstić information content (AvgIpc) is 3.46. The molecule has 1 N–H and O–H groups in total. The predicted octanol–water partition coefficient (Wildman–Crippen LogP) is 24.9. The molecular formula is C75H138O5. The van der Waals surface area contributed by atoms with Crippen molar-refractivity contribution < 1.29 is 24.2 Å². The Morgan fingerprint density at radius 3 is 0.825 bits per heavy atom. The Balaban J connectivity index is 3.37. The quantitative estimate of drug-likeness (QED) is 0.0373. The summed E-state index contributed by atoms with van der Waals surface area (Å²) < 4.78 is 10.8. The first-order chi connectivity index (χ1) is 39.6. The SMILES string of the molecule is CC/C=C\C/C=C\C/C=C\C/C=C\CCCCCCCCCCCCCCC(=O)OC(CO)COC(=O)CCCCCCCCCCCCCCCCCCCCCCCCCCCCCCC/C=C\CCCCCCCCCC. The van der Waals surface area contributed by atoms with Crippen LogP contribution in [-0.2, 0) is 19.1 Å². The van der Waals surface area contributed by atoms with E-state index >= 15 is 0 Å². The molecule has 0 radical (unpaired) electrons. The second kappa shape index (κ2) is 70.9. The summed E-state index contributed by atoms with van der Waals surface area (Å²) in [5.41, 5.74) is 0. The number of hydrogen-bond donors (Lipinski definition) is 1. The van der Waals surface area contributed by atoms with E-state index in [0.29, 0.717) is 12.8 Å². The van der Waals surface area contributed by atoms with Gasteiger partial charge < -0.3 is 14.6 Å². The van der Waals surface area contributed by atoms with Crippen LogP contribution in [0, 0.1) is 0 Å². The van der Waals surface area contributed by atoms with Crippen LogP contribution in [-0.4, -0.2) is 36.4 Å². The Morgan fingerprint density at radius 1 is 0.300 bits per heavy atom. The fraction of sp³-hybridized carbons (Fsp3) is 0.840. The molecule has 0 bridgehead atoms. The second-order valence-electron chi connectivity index (χ2n) is 24.3. The Morgan fingerprint density at radius 2 is 0.537 bits per heavy atom. The molecule has 0 saturated heterocycles. The van der Waals surface area contributed by atoms with Crippen LogP contribution in [0.1, 0.15) is 386 Å². The maximum absolute atomic E-state index is 12.3. The highest BCUT2D eigenvalue weighted by molar-refractivity contribution is 5.70. The fourth-order valence-corrected chi connectivity index (χ4v) is 11.0. The molecule has 0 amide bonds. The lowest BCUT2D eigenvalue weighted by atomic mass is 10.0. The fourth-order valence-electron chi connectivity index (χ4n) is 11.0. The van der Waals surface area contributed by atoms with E-state index in [-0.39, 0.29) is 25.2 Å². The number of esters is 2. The van der Waals surface area contributed by atoms with Gasteiger partial charge in [0, 0.05) is 12.8 Å². The van der Waals surface area contributed by atoms with E-state index in [1.54, 1.807) is 0 Å². The molecule has 0 aromatic carbocycles. The number of ether oxygens (including phenoxy) is 2. The van der Waals surface area contributed by atoms with E-state index in [1.807, 2.05) is 0 Å². The van der Waals surface area contributed by atoms with Crippen LogP contribution in [0.2, 0.25) is 0 Å². The van der Waals surface area contributed by atoms with Crippen molar-refractivity contribution in [2.24, 2.45) is 0 Å². The Hall–Kier alpha value is -2.40. The minimum Gasteiger partial charge on any atom is -0.462 e. The van der Waals surface area contributed by atoms with Crippen molar-refractivity contribution in [1.29, 1.82) is 0 Å². The van der Waals surface area contributed by atoms with Gasteiger partial charge in [-0.1, -0.05) is 357 Å². The summed E-state index contributed by atoms with van der Waals surface area (Å²) in [6, 6.07) is 0. The highest BCUT2D eigenvalue weighted by Crippen LogP contribution is 2.19. The van der Waals surface area contributed by atoms with Crippen LogP contribution in [0.15, 0.2) is 60.8 Å². The predicted molar refractivity (Wildman–Crippen MR) is 353 cm³/mol. The topological polar surface area (TPSA) is 72.8 Å². The molecule has 1 atom stereocenters. The Bertz CT molecular complexity index is 1360. The third-order valence-corrected chi connectivity index (χ3v) is 16.3. The first kappa shape index (κ1) is 77.6. The van der Waals surface area contributed by atoms with Gasteiger partial charge in [-0.25, -0.2) is 0 Å². The van der Waals surface area contributed by atoms with Crippen molar-refractivity contribution in [2.75, 3.05) is 13.2 Å². The van der Waals surface area contributed by atoms with Crippen molar-refractivity contribution in [2.45, 2.75) is 392 Å². The summed E-state index contributed by atoms with van der Waals surface area (Å²) in [4.78, 5) is 24.6. The molecule has 0 saturated carbocycles. The summed E-state index contributed by atoms with van der Waals surface area (Å²) >= 11 is 0. The Kier molecular flexibility index (Phi) is 68.7. The molecule has 0 aliphatic heterocycles. The largest absolute Gasteiger partial charge is 0.462 e. The van der Waals surface area contributed by atoms with Gasteiger partial charge in [0.2, 0.25) is 0 Å². The zero-order valence-corrected chi connectivity index (χ0v) is 53.9. The second-order valence-corrected chi connectivity index (χ2v) is 24.3. The van der Waals surface area contributed by atoms with Crippen molar-refractivity contribution in [3.63, 3.8) is 0 Å². The normalized spacial score (nSPS) is 12.5. The van der Waals surface area contributed by atoms with Crippen LogP contribution >= 0.6 is 0 Å². The van der Waals surface area contributed by atoms with Crippen molar-refractivity contribution in [3.8, 4) is 0 Å². The van der Waals surface area contributed by atoms with E-state index in [4.69, 9.17) is 9.47 Å². The molecule has 80 heavy (non-hydrogen) atoms. The van der Waals surface area contributed by atoms with Gasteiger partial charge in [0.25, 0.3) is 0 Å². The zero-order valence-electron chi connectivity index (χ0n) is 53.9. The highest BCUT2D eigenvalue weighted by Gasteiger charge is 2.16. The number of unbranched alkanes of at least 4 members (excludes halogenated alkanes) is 49. The molecule has 0 spiro atoms. The average molecular weight is 1120 g/mol. The van der Waals surface area contributed by atoms with Gasteiger partial charge in [0.15, 0.2) is 6.10 Å². The summed E-state index contributed by atoms with van der Waals surface area (Å²) in [7, 11) is 0. The van der Waals surface area contributed by atoms with Gasteiger partial charge in [-0.15, -0.1) is 0 Å². The van der Waals surface area contributed by atoms with Crippen LogP contribution in [0.5, 0.6) is 0 Å². The maximum atomic E-state index is 12.3. The minimum absolute atomic E-state index is 0.0634. The van der Waals surface area contributed by atoms with E-state index in [0.717, 1.165) is 64.2 Å². The van der Waals surface area contributed by atoms with Gasteiger partial charge in [-0.05, 0) is 77.0 Å². The number of allylic oxidation sites excluding steroid dienone is 10. The molecule has 5 heteroatoms. The molecular weight excluding hydrogens is 981 g/mol. The molecule has 0 heterocycles. The zero-order chi connectivity index (χ0) is 57.6. The third kappa shape index (κ3) is 68.1. The number of rotatable bonds is 67. The standard InChI is InChI=1S/C75H138O5/c1-3-5-7-9-11-13-15-17-19-21-23-25-27-29-30-31-32-33-34-35-36-37-38-39-40-41-42-43-44-46-47-49-51-53-55-57-59-61-63-65-67-69-74(77)79-72-73(71-76)80-75(78)70-68-66-64-62-60-58-56-54-52-50-48-45-28-26-24-22-20-18-16-14-12-10-8-6-4-2/h6,8,12,14,18,20-21,23-24,26,73,76H,3-5,7,9-11,13,15-17,19,22,25,27-72H2,1-2H3/b8-6-,14-12-,20-18-,23-21-,26-24-. The van der Waals surface area contributed by atoms with Gasteiger partial charge in [0.05, 0.1) is 6.61 Å². The third-order valence-electron chi connectivity index (χ3n) is 16.3. The number of carbonyl (C=O) groups excluding carboxylic acids is 2. The molecule has 0 aromatic rings. The van der Waals surface area contributed by atoms with Crippen LogP contribution in [0.25, 0.3) is 0 Å². The number of aliphatic hydroxyl groups is 1. The monoisotopic (exact) mass is 1120 g/mol. The Labute approximate surface area is 500 Å². The van der Waals surface area contributed by atoms with Crippen molar-refractivity contribution in [3.05, 3.63) is 60.8 Å². The maximum Gasteiger partial charge on any atom is 0.306 e. The van der Waals surface area contributed by atoms with Gasteiger partial charge in [0.1, 0.15) is 6.61 Å². The van der Waals surface area contributed by atoms with Gasteiger partial charge in [-0.3, -0.25) is 9.59 Å². The smallest absolute Gasteiger partial charge is 0.306 e. The van der Waals surface area contributed by atoms with Crippen LogP contribution < -0.4 is 0 Å². The van der Waals surface area contributed by atoms with Crippen LogP contribution in [0.4, 0.5) is 0 Å². The lowest BCUT2D eigenvalue weighted by Gasteiger charge is -2.15. The molecule has 1 unspecified atom stereocenters. The van der Waals surface area contributed by atoms with Crippen molar-refractivity contribution >= 4 is 11.9 Å². The van der Waals surface area contributed by atoms with E-state index in [1.165, 1.54) is 295 Å². The lowest BCUT2D eigenvalue weighted by Crippen LogP contribution is -2.28.